The van der Waals surface area contributed by atoms with Crippen LogP contribution in [0.15, 0.2) is 29.2 Å². The van der Waals surface area contributed by atoms with Crippen molar-refractivity contribution in [1.82, 2.24) is 5.32 Å². The summed E-state index contributed by atoms with van der Waals surface area (Å²) in [4.78, 5) is 13.5. The summed E-state index contributed by atoms with van der Waals surface area (Å²) in [5.41, 5.74) is 0.223. The van der Waals surface area contributed by atoms with Crippen LogP contribution in [0.4, 0.5) is 0 Å². The number of amides is 1. The minimum Gasteiger partial charge on any atom is -0.394 e. The smallest absolute Gasteiger partial charge is 0.251 e. The highest BCUT2D eigenvalue weighted by atomic mass is 32.2. The lowest BCUT2D eigenvalue weighted by atomic mass is 9.76. The van der Waals surface area contributed by atoms with Crippen molar-refractivity contribution in [1.29, 1.82) is 0 Å². The monoisotopic (exact) mass is 293 g/mol. The van der Waals surface area contributed by atoms with E-state index in [4.69, 9.17) is 0 Å². The molecule has 0 bridgehead atoms. The Hall–Kier alpha value is -1.00. The molecule has 0 aliphatic heterocycles. The molecule has 0 spiro atoms. The molecule has 3 nitrogen and oxygen atoms in total. The summed E-state index contributed by atoms with van der Waals surface area (Å²) in [5.74, 6) is 0.468. The van der Waals surface area contributed by atoms with E-state index < -0.39 is 5.54 Å². The third-order valence-corrected chi connectivity index (χ3v) is 4.87. The number of rotatable bonds is 4. The number of aliphatic hydroxyl groups excluding tert-OH is 1. The molecule has 0 radical (unpaired) electrons. The Balaban J connectivity index is 2.08. The van der Waals surface area contributed by atoms with Crippen molar-refractivity contribution in [2.45, 2.75) is 43.0 Å². The Bertz CT molecular complexity index is 460. The molecule has 1 aromatic carbocycles. The van der Waals surface area contributed by atoms with E-state index in [1.807, 2.05) is 30.5 Å². The average molecular weight is 293 g/mol. The standard InChI is InChI=1S/C16H23NO2S/c1-12-4-3-9-16(10-12,11-18)17-15(19)13-5-7-14(20-2)8-6-13/h5-8,12,18H,3-4,9-11H2,1-2H3,(H,17,19). The summed E-state index contributed by atoms with van der Waals surface area (Å²) >= 11 is 1.66. The third-order valence-electron chi connectivity index (χ3n) is 4.13. The molecule has 1 aliphatic rings. The van der Waals surface area contributed by atoms with Gasteiger partial charge in [0.15, 0.2) is 0 Å². The van der Waals surface area contributed by atoms with Crippen molar-refractivity contribution < 1.29 is 9.90 Å². The van der Waals surface area contributed by atoms with E-state index >= 15 is 0 Å². The number of hydrogen-bond donors (Lipinski definition) is 2. The SMILES string of the molecule is CSc1ccc(C(=O)NC2(CO)CCCC(C)C2)cc1. The zero-order valence-corrected chi connectivity index (χ0v) is 13.0. The summed E-state index contributed by atoms with van der Waals surface area (Å²) in [7, 11) is 0. The van der Waals surface area contributed by atoms with Gasteiger partial charge in [0.2, 0.25) is 0 Å². The lowest BCUT2D eigenvalue weighted by Gasteiger charge is -2.39. The van der Waals surface area contributed by atoms with Crippen LogP contribution in [-0.2, 0) is 0 Å². The van der Waals surface area contributed by atoms with Crippen molar-refractivity contribution >= 4 is 17.7 Å². The number of aliphatic hydroxyl groups is 1. The highest BCUT2D eigenvalue weighted by Gasteiger charge is 2.35. The van der Waals surface area contributed by atoms with Crippen LogP contribution in [0.1, 0.15) is 43.0 Å². The number of carbonyl (C=O) groups is 1. The molecule has 110 valence electrons. The minimum absolute atomic E-state index is 0.0198. The molecule has 20 heavy (non-hydrogen) atoms. The van der Waals surface area contributed by atoms with Crippen molar-refractivity contribution in [3.63, 3.8) is 0 Å². The van der Waals surface area contributed by atoms with Crippen LogP contribution in [0.2, 0.25) is 0 Å². The van der Waals surface area contributed by atoms with Gasteiger partial charge in [0.05, 0.1) is 12.1 Å². The normalized spacial score (nSPS) is 26.2. The second kappa shape index (κ2) is 6.64. The maximum absolute atomic E-state index is 12.4. The Kier molecular flexibility index (Phi) is 5.11. The second-order valence-corrected chi connectivity index (χ2v) is 6.70. The van der Waals surface area contributed by atoms with Crippen LogP contribution >= 0.6 is 11.8 Å². The van der Waals surface area contributed by atoms with Crippen LogP contribution < -0.4 is 5.32 Å². The molecule has 0 saturated heterocycles. The number of hydrogen-bond acceptors (Lipinski definition) is 3. The topological polar surface area (TPSA) is 49.3 Å². The first-order chi connectivity index (χ1) is 9.58. The van der Waals surface area contributed by atoms with Gasteiger partial charge in [-0.15, -0.1) is 11.8 Å². The average Bonchev–Trinajstić information content (AvgIpc) is 2.47. The zero-order chi connectivity index (χ0) is 14.6. The molecule has 1 aliphatic carbocycles. The fourth-order valence-electron chi connectivity index (χ4n) is 3.01. The molecule has 2 N–H and O–H groups in total. The van der Waals surface area contributed by atoms with E-state index in [9.17, 15) is 9.90 Å². The van der Waals surface area contributed by atoms with Crippen LogP contribution in [0.5, 0.6) is 0 Å². The summed E-state index contributed by atoms with van der Waals surface area (Å²) in [5, 5.41) is 12.8. The molecule has 0 heterocycles. The third kappa shape index (κ3) is 3.55. The Labute approximate surface area is 125 Å². The number of nitrogens with one attached hydrogen (secondary N) is 1. The van der Waals surface area contributed by atoms with Crippen LogP contribution in [0.3, 0.4) is 0 Å². The first-order valence-electron chi connectivity index (χ1n) is 7.16. The molecule has 1 fully saturated rings. The molecule has 2 atom stereocenters. The van der Waals surface area contributed by atoms with Gasteiger partial charge in [-0.2, -0.15) is 0 Å². The molecule has 0 aromatic heterocycles. The number of benzene rings is 1. The first kappa shape index (κ1) is 15.4. The van der Waals surface area contributed by atoms with Gasteiger partial charge in [-0.05, 0) is 49.3 Å². The van der Waals surface area contributed by atoms with Gasteiger partial charge in [0.25, 0.3) is 5.91 Å². The van der Waals surface area contributed by atoms with Crippen molar-refractivity contribution in [3.05, 3.63) is 29.8 Å². The molecule has 1 saturated carbocycles. The number of thioether (sulfide) groups is 1. The highest BCUT2D eigenvalue weighted by molar-refractivity contribution is 7.98. The molecular formula is C16H23NO2S. The summed E-state index contributed by atoms with van der Waals surface area (Å²) < 4.78 is 0. The van der Waals surface area contributed by atoms with E-state index in [-0.39, 0.29) is 12.5 Å². The largest absolute Gasteiger partial charge is 0.394 e. The molecule has 2 rings (SSSR count). The number of carbonyl (C=O) groups excluding carboxylic acids is 1. The van der Waals surface area contributed by atoms with Gasteiger partial charge >= 0.3 is 0 Å². The maximum Gasteiger partial charge on any atom is 0.251 e. The van der Waals surface area contributed by atoms with E-state index in [1.165, 1.54) is 6.42 Å². The Morgan fingerprint density at radius 2 is 2.15 bits per heavy atom. The summed E-state index contributed by atoms with van der Waals surface area (Å²) in [6, 6.07) is 7.60. The molecular weight excluding hydrogens is 270 g/mol. The Morgan fingerprint density at radius 1 is 1.45 bits per heavy atom. The van der Waals surface area contributed by atoms with Crippen molar-refractivity contribution in [2.24, 2.45) is 5.92 Å². The highest BCUT2D eigenvalue weighted by Crippen LogP contribution is 2.32. The van der Waals surface area contributed by atoms with Gasteiger partial charge in [-0.3, -0.25) is 4.79 Å². The van der Waals surface area contributed by atoms with Gasteiger partial charge in [0.1, 0.15) is 0 Å². The molecule has 1 aromatic rings. The molecule has 4 heteroatoms. The maximum atomic E-state index is 12.4. The van der Waals surface area contributed by atoms with Gasteiger partial charge < -0.3 is 10.4 Å². The van der Waals surface area contributed by atoms with E-state index in [0.29, 0.717) is 11.5 Å². The minimum atomic E-state index is -0.438. The lowest BCUT2D eigenvalue weighted by Crippen LogP contribution is -2.53. The van der Waals surface area contributed by atoms with Crippen molar-refractivity contribution in [2.75, 3.05) is 12.9 Å². The summed E-state index contributed by atoms with van der Waals surface area (Å²) in [6.07, 6.45) is 5.98. The Morgan fingerprint density at radius 3 is 2.70 bits per heavy atom. The summed E-state index contributed by atoms with van der Waals surface area (Å²) in [6.45, 7) is 2.20. The van der Waals surface area contributed by atoms with Crippen LogP contribution in [0, 0.1) is 5.92 Å². The van der Waals surface area contributed by atoms with Crippen molar-refractivity contribution in [3.8, 4) is 0 Å². The fraction of sp³-hybridized carbons (Fsp3) is 0.562. The van der Waals surface area contributed by atoms with E-state index in [1.54, 1.807) is 11.8 Å². The van der Waals surface area contributed by atoms with Gasteiger partial charge in [-0.1, -0.05) is 19.8 Å². The molecule has 1 amide bonds. The second-order valence-electron chi connectivity index (χ2n) is 5.82. The van der Waals surface area contributed by atoms with Gasteiger partial charge in [0, 0.05) is 10.5 Å². The van der Waals surface area contributed by atoms with Gasteiger partial charge in [-0.25, -0.2) is 0 Å². The van der Waals surface area contributed by atoms with Crippen LogP contribution in [-0.4, -0.2) is 29.4 Å². The fourth-order valence-corrected chi connectivity index (χ4v) is 3.42. The first-order valence-corrected chi connectivity index (χ1v) is 8.38. The van der Waals surface area contributed by atoms with E-state index in [0.717, 1.165) is 24.2 Å². The predicted octanol–water partition coefficient (Wildman–Crippen LogP) is 3.08. The lowest BCUT2D eigenvalue weighted by molar-refractivity contribution is 0.0697. The quantitative estimate of drug-likeness (QED) is 0.839. The van der Waals surface area contributed by atoms with Crippen LogP contribution in [0.25, 0.3) is 0 Å². The zero-order valence-electron chi connectivity index (χ0n) is 12.2. The molecule has 2 unspecified atom stereocenters. The van der Waals surface area contributed by atoms with E-state index in [2.05, 4.69) is 12.2 Å². The predicted molar refractivity (Wildman–Crippen MR) is 83.1 cm³/mol.